The van der Waals surface area contributed by atoms with Gasteiger partial charge in [-0.3, -0.25) is 0 Å². The van der Waals surface area contributed by atoms with E-state index in [-0.39, 0.29) is 12.0 Å². The predicted molar refractivity (Wildman–Crippen MR) is 83.3 cm³/mol. The van der Waals surface area contributed by atoms with Crippen molar-refractivity contribution in [2.75, 3.05) is 6.61 Å². The molecule has 0 aliphatic carbocycles. The molecule has 4 rings (SSSR count). The van der Waals surface area contributed by atoms with Gasteiger partial charge in [0.25, 0.3) is 0 Å². The molecule has 2 atom stereocenters. The van der Waals surface area contributed by atoms with Crippen LogP contribution in [0.3, 0.4) is 0 Å². The van der Waals surface area contributed by atoms with Crippen molar-refractivity contribution in [3.05, 3.63) is 48.0 Å². The number of hydrogen-bond donors (Lipinski definition) is 0. The van der Waals surface area contributed by atoms with Gasteiger partial charge in [0.1, 0.15) is 0 Å². The van der Waals surface area contributed by atoms with Gasteiger partial charge in [-0.15, -0.1) is 0 Å². The molecule has 0 spiro atoms. The second-order valence-electron chi connectivity index (χ2n) is 6.11. The fraction of sp³-hybridized carbons (Fsp3) is 0.389. The van der Waals surface area contributed by atoms with Crippen molar-refractivity contribution in [1.29, 1.82) is 0 Å². The fourth-order valence-electron chi connectivity index (χ4n) is 3.20. The van der Waals surface area contributed by atoms with Crippen LogP contribution >= 0.6 is 0 Å². The summed E-state index contributed by atoms with van der Waals surface area (Å²) in [6.07, 6.45) is 0.906. The minimum absolute atomic E-state index is 0.0102. The molecule has 1 fully saturated rings. The van der Waals surface area contributed by atoms with E-state index in [9.17, 15) is 0 Å². The van der Waals surface area contributed by atoms with Crippen molar-refractivity contribution < 1.29 is 9.47 Å². The molecule has 2 aliphatic rings. The zero-order chi connectivity index (χ0) is 14.4. The van der Waals surface area contributed by atoms with E-state index in [1.807, 2.05) is 0 Å². The molecule has 0 saturated carbocycles. The van der Waals surface area contributed by atoms with E-state index in [1.54, 1.807) is 0 Å². The van der Waals surface area contributed by atoms with Gasteiger partial charge in [-0.2, -0.15) is 0 Å². The maximum atomic E-state index is 6.07. The van der Waals surface area contributed by atoms with Gasteiger partial charge in [-0.1, -0.05) is 50.2 Å². The number of rotatable bonds is 2. The minimum atomic E-state index is -0.635. The molecule has 2 aromatic rings. The van der Waals surface area contributed by atoms with E-state index >= 15 is 0 Å². The highest BCUT2D eigenvalue weighted by molar-refractivity contribution is 5.84. The van der Waals surface area contributed by atoms with Crippen LogP contribution in [-0.4, -0.2) is 18.6 Å². The highest BCUT2D eigenvalue weighted by atomic mass is 16.6. The highest BCUT2D eigenvalue weighted by Crippen LogP contribution is 2.45. The molecule has 21 heavy (non-hydrogen) atoms. The quantitative estimate of drug-likeness (QED) is 0.836. The Bertz CT molecular complexity index is 722. The first-order chi connectivity index (χ1) is 10.2. The second-order valence-corrected chi connectivity index (χ2v) is 6.11. The zero-order valence-corrected chi connectivity index (χ0v) is 12.4. The molecule has 0 bridgehead atoms. The van der Waals surface area contributed by atoms with E-state index in [0.29, 0.717) is 6.61 Å². The number of aliphatic imine (C=N–C) groups is 1. The standard InChI is InChI=1S/C18H19NO2/c1-12(2)17-19-18(16(21-17)9-10-20-18)15-8-7-13-5-3-4-6-14(13)11-15/h3-8,11-12,16H,9-10H2,1-2H3/t16-,18+/m1/s1. The van der Waals surface area contributed by atoms with Gasteiger partial charge in [0.2, 0.25) is 5.72 Å². The van der Waals surface area contributed by atoms with Gasteiger partial charge < -0.3 is 9.47 Å². The zero-order valence-electron chi connectivity index (χ0n) is 12.4. The van der Waals surface area contributed by atoms with Crippen LogP contribution in [0.25, 0.3) is 10.8 Å². The van der Waals surface area contributed by atoms with E-state index in [4.69, 9.17) is 14.5 Å². The number of nitrogens with zero attached hydrogens (tertiary/aromatic N) is 1. The van der Waals surface area contributed by atoms with Crippen molar-refractivity contribution in [3.8, 4) is 0 Å². The average molecular weight is 281 g/mol. The molecule has 108 valence electrons. The van der Waals surface area contributed by atoms with Crippen LogP contribution in [0.1, 0.15) is 25.8 Å². The maximum absolute atomic E-state index is 6.07. The lowest BCUT2D eigenvalue weighted by Crippen LogP contribution is -2.31. The summed E-state index contributed by atoms with van der Waals surface area (Å²) in [6.45, 7) is 4.91. The van der Waals surface area contributed by atoms with Gasteiger partial charge in [0.15, 0.2) is 12.0 Å². The number of benzene rings is 2. The summed E-state index contributed by atoms with van der Waals surface area (Å²) in [5, 5.41) is 2.45. The molecule has 3 nitrogen and oxygen atoms in total. The van der Waals surface area contributed by atoms with Crippen molar-refractivity contribution in [3.63, 3.8) is 0 Å². The fourth-order valence-corrected chi connectivity index (χ4v) is 3.20. The summed E-state index contributed by atoms with van der Waals surface area (Å²) in [5.41, 5.74) is 0.461. The third-order valence-electron chi connectivity index (χ3n) is 4.33. The Kier molecular flexibility index (Phi) is 2.79. The Balaban J connectivity index is 1.85. The Labute approximate surface area is 124 Å². The molecular formula is C18H19NO2. The van der Waals surface area contributed by atoms with Gasteiger partial charge >= 0.3 is 0 Å². The number of fused-ring (bicyclic) bond motifs is 2. The lowest BCUT2D eigenvalue weighted by Gasteiger charge is -2.24. The lowest BCUT2D eigenvalue weighted by molar-refractivity contribution is -0.0291. The first-order valence-corrected chi connectivity index (χ1v) is 7.59. The summed E-state index contributed by atoms with van der Waals surface area (Å²) < 4.78 is 12.1. The molecule has 0 N–H and O–H groups in total. The third kappa shape index (κ3) is 1.88. The third-order valence-corrected chi connectivity index (χ3v) is 4.33. The summed E-state index contributed by atoms with van der Waals surface area (Å²) in [7, 11) is 0. The molecule has 3 heteroatoms. The van der Waals surface area contributed by atoms with Crippen molar-refractivity contribution in [1.82, 2.24) is 0 Å². The summed E-state index contributed by atoms with van der Waals surface area (Å²) >= 11 is 0. The van der Waals surface area contributed by atoms with Gasteiger partial charge in [-0.05, 0) is 16.8 Å². The van der Waals surface area contributed by atoms with Crippen LogP contribution in [0.2, 0.25) is 0 Å². The Morgan fingerprint density at radius 3 is 2.76 bits per heavy atom. The normalized spacial score (nSPS) is 27.8. The van der Waals surface area contributed by atoms with Crippen molar-refractivity contribution >= 4 is 16.7 Å². The van der Waals surface area contributed by atoms with Crippen LogP contribution in [0.15, 0.2) is 47.5 Å². The Morgan fingerprint density at radius 2 is 1.95 bits per heavy atom. The smallest absolute Gasteiger partial charge is 0.225 e. The first-order valence-electron chi connectivity index (χ1n) is 7.59. The molecule has 0 unspecified atom stereocenters. The largest absolute Gasteiger partial charge is 0.472 e. The van der Waals surface area contributed by atoms with Crippen molar-refractivity contribution in [2.45, 2.75) is 32.1 Å². The number of hydrogen-bond acceptors (Lipinski definition) is 3. The number of ether oxygens (including phenoxy) is 2. The average Bonchev–Trinajstić information content (AvgIpc) is 3.04. The molecule has 2 aromatic carbocycles. The van der Waals surface area contributed by atoms with E-state index < -0.39 is 5.72 Å². The van der Waals surface area contributed by atoms with Crippen molar-refractivity contribution in [2.24, 2.45) is 10.9 Å². The van der Waals surface area contributed by atoms with Gasteiger partial charge in [0.05, 0.1) is 6.61 Å². The molecular weight excluding hydrogens is 262 g/mol. The van der Waals surface area contributed by atoms with Crippen LogP contribution in [0, 0.1) is 5.92 Å². The Hall–Kier alpha value is -1.87. The van der Waals surface area contributed by atoms with Gasteiger partial charge in [-0.25, -0.2) is 4.99 Å². The van der Waals surface area contributed by atoms with E-state index in [0.717, 1.165) is 17.9 Å². The summed E-state index contributed by atoms with van der Waals surface area (Å²) in [6, 6.07) is 14.8. The summed E-state index contributed by atoms with van der Waals surface area (Å²) in [5.74, 6) is 1.10. The van der Waals surface area contributed by atoms with Crippen LogP contribution in [0.5, 0.6) is 0 Å². The Morgan fingerprint density at radius 1 is 1.14 bits per heavy atom. The van der Waals surface area contributed by atoms with E-state index in [2.05, 4.69) is 56.3 Å². The maximum Gasteiger partial charge on any atom is 0.225 e. The molecule has 2 heterocycles. The molecule has 1 saturated heterocycles. The van der Waals surface area contributed by atoms with E-state index in [1.165, 1.54) is 10.8 Å². The van der Waals surface area contributed by atoms with Crippen LogP contribution in [0.4, 0.5) is 0 Å². The predicted octanol–water partition coefficient (Wildman–Crippen LogP) is 3.87. The summed E-state index contributed by atoms with van der Waals surface area (Å²) in [4.78, 5) is 4.83. The molecule has 0 radical (unpaired) electrons. The lowest BCUT2D eigenvalue weighted by atomic mass is 9.95. The van der Waals surface area contributed by atoms with Crippen LogP contribution in [-0.2, 0) is 15.2 Å². The SMILES string of the molecule is CC(C)C1=N[C@@]2(c3ccc4ccccc4c3)OCC[C@H]2O1. The minimum Gasteiger partial charge on any atom is -0.472 e. The molecule has 0 amide bonds. The molecule has 2 aliphatic heterocycles. The molecule has 0 aromatic heterocycles. The first kappa shape index (κ1) is 12.8. The van der Waals surface area contributed by atoms with Gasteiger partial charge in [0, 0.05) is 17.9 Å². The van der Waals surface area contributed by atoms with Crippen LogP contribution < -0.4 is 0 Å². The highest BCUT2D eigenvalue weighted by Gasteiger charge is 2.52. The monoisotopic (exact) mass is 281 g/mol. The topological polar surface area (TPSA) is 30.8 Å². The second kappa shape index (κ2) is 4.57.